The molecule has 0 unspecified atom stereocenters. The van der Waals surface area contributed by atoms with E-state index in [0.29, 0.717) is 32.7 Å². The second kappa shape index (κ2) is 7.49. The molecule has 4 aromatic rings. The van der Waals surface area contributed by atoms with Gasteiger partial charge in [0.1, 0.15) is 5.58 Å². The summed E-state index contributed by atoms with van der Waals surface area (Å²) in [5.74, 6) is -0.276. The molecule has 0 aliphatic heterocycles. The molecule has 1 heterocycles. The second-order valence-electron chi connectivity index (χ2n) is 6.80. The second-order valence-corrected chi connectivity index (χ2v) is 7.64. The fourth-order valence-corrected chi connectivity index (χ4v) is 3.79. The van der Waals surface area contributed by atoms with Crippen LogP contribution in [0.15, 0.2) is 65.1 Å². The number of benzene rings is 3. The van der Waals surface area contributed by atoms with E-state index < -0.39 is 17.5 Å². The van der Waals surface area contributed by atoms with E-state index in [4.69, 9.17) is 27.6 Å². The van der Waals surface area contributed by atoms with Crippen LogP contribution in [0.2, 0.25) is 10.0 Å². The summed E-state index contributed by atoms with van der Waals surface area (Å²) in [4.78, 5) is 12.9. The average Bonchev–Trinajstić information content (AvgIpc) is 3.03. The standard InChI is InChI=1S/C23H13Cl2F3O2/c1-12-17-7-5-14(13-3-2-4-15(9-13)23(26,27)28)10-20(17)30-22(12)21(29)18-8-6-16(24)11-19(18)25/h2-11H,1H3. The molecule has 1 aromatic heterocycles. The molecular formula is C23H13Cl2F3O2. The Morgan fingerprint density at radius 3 is 2.37 bits per heavy atom. The Hall–Kier alpha value is -2.76. The number of hydrogen-bond donors (Lipinski definition) is 0. The lowest BCUT2D eigenvalue weighted by molar-refractivity contribution is -0.137. The Kier molecular flexibility index (Phi) is 5.12. The highest BCUT2D eigenvalue weighted by Gasteiger charge is 2.30. The molecule has 0 amide bonds. The lowest BCUT2D eigenvalue weighted by atomic mass is 10.0. The Morgan fingerprint density at radius 2 is 1.67 bits per heavy atom. The van der Waals surface area contributed by atoms with Gasteiger partial charge in [0.15, 0.2) is 5.76 Å². The minimum atomic E-state index is -4.43. The first-order chi connectivity index (χ1) is 14.1. The molecule has 0 radical (unpaired) electrons. The number of carbonyl (C=O) groups excluding carboxylic acids is 1. The topological polar surface area (TPSA) is 30.2 Å². The summed E-state index contributed by atoms with van der Waals surface area (Å²) in [5, 5.41) is 1.31. The zero-order valence-electron chi connectivity index (χ0n) is 15.5. The van der Waals surface area contributed by atoms with E-state index >= 15 is 0 Å². The van der Waals surface area contributed by atoms with Gasteiger partial charge < -0.3 is 4.42 Å². The van der Waals surface area contributed by atoms with Crippen molar-refractivity contribution in [2.24, 2.45) is 0 Å². The van der Waals surface area contributed by atoms with Crippen molar-refractivity contribution < 1.29 is 22.4 Å². The number of hydrogen-bond acceptors (Lipinski definition) is 2. The van der Waals surface area contributed by atoms with Crippen LogP contribution in [0, 0.1) is 6.92 Å². The fourth-order valence-electron chi connectivity index (χ4n) is 3.29. The number of ketones is 1. The lowest BCUT2D eigenvalue weighted by Gasteiger charge is -2.08. The van der Waals surface area contributed by atoms with Gasteiger partial charge in [-0.15, -0.1) is 0 Å². The van der Waals surface area contributed by atoms with Crippen LogP contribution in [0.25, 0.3) is 22.1 Å². The maximum absolute atomic E-state index is 13.0. The number of carbonyl (C=O) groups is 1. The van der Waals surface area contributed by atoms with Crippen LogP contribution in [-0.4, -0.2) is 5.78 Å². The summed E-state index contributed by atoms with van der Waals surface area (Å²) in [5.41, 5.74) is 1.48. The van der Waals surface area contributed by atoms with Crippen LogP contribution in [0.4, 0.5) is 13.2 Å². The smallest absolute Gasteiger partial charge is 0.416 e. The molecule has 30 heavy (non-hydrogen) atoms. The van der Waals surface area contributed by atoms with Crippen LogP contribution >= 0.6 is 23.2 Å². The minimum absolute atomic E-state index is 0.121. The first-order valence-electron chi connectivity index (χ1n) is 8.85. The molecule has 0 fully saturated rings. The SMILES string of the molecule is Cc1c(C(=O)c2ccc(Cl)cc2Cl)oc2cc(-c3cccc(C(F)(F)F)c3)ccc12. The van der Waals surface area contributed by atoms with E-state index in [-0.39, 0.29) is 16.3 Å². The van der Waals surface area contributed by atoms with Gasteiger partial charge in [-0.3, -0.25) is 4.79 Å². The van der Waals surface area contributed by atoms with Crippen molar-refractivity contribution in [2.45, 2.75) is 13.1 Å². The molecule has 0 aliphatic carbocycles. The van der Waals surface area contributed by atoms with E-state index in [0.717, 1.165) is 12.1 Å². The van der Waals surface area contributed by atoms with Crippen molar-refractivity contribution in [3.05, 3.63) is 93.2 Å². The number of alkyl halides is 3. The molecule has 0 saturated heterocycles. The predicted octanol–water partition coefficient (Wildman–Crippen LogP) is 7.96. The third kappa shape index (κ3) is 3.71. The monoisotopic (exact) mass is 448 g/mol. The molecule has 0 bridgehead atoms. The zero-order chi connectivity index (χ0) is 21.6. The summed E-state index contributed by atoms with van der Waals surface area (Å²) in [6.07, 6.45) is -4.43. The molecule has 0 atom stereocenters. The average molecular weight is 449 g/mol. The molecular weight excluding hydrogens is 436 g/mol. The van der Waals surface area contributed by atoms with E-state index in [1.54, 1.807) is 37.3 Å². The largest absolute Gasteiger partial charge is 0.452 e. The maximum atomic E-state index is 13.0. The van der Waals surface area contributed by atoms with Crippen LogP contribution in [0.1, 0.15) is 27.2 Å². The predicted molar refractivity (Wildman–Crippen MR) is 111 cm³/mol. The van der Waals surface area contributed by atoms with Crippen LogP contribution in [0.5, 0.6) is 0 Å². The van der Waals surface area contributed by atoms with Crippen molar-refractivity contribution in [3.8, 4) is 11.1 Å². The van der Waals surface area contributed by atoms with Crippen molar-refractivity contribution in [3.63, 3.8) is 0 Å². The van der Waals surface area contributed by atoms with Crippen molar-refractivity contribution >= 4 is 40.0 Å². The third-order valence-corrected chi connectivity index (χ3v) is 5.39. The molecule has 7 heteroatoms. The van der Waals surface area contributed by atoms with Gasteiger partial charge in [-0.2, -0.15) is 13.2 Å². The van der Waals surface area contributed by atoms with Gasteiger partial charge in [-0.25, -0.2) is 0 Å². The Labute approximate surface area is 179 Å². The fraction of sp³-hybridized carbons (Fsp3) is 0.0870. The van der Waals surface area contributed by atoms with E-state index in [2.05, 4.69) is 0 Å². The number of fused-ring (bicyclic) bond motifs is 1. The summed E-state index contributed by atoms with van der Waals surface area (Å²) in [7, 11) is 0. The van der Waals surface area contributed by atoms with Gasteiger partial charge in [0.25, 0.3) is 0 Å². The molecule has 0 spiro atoms. The molecule has 2 nitrogen and oxygen atoms in total. The molecule has 0 saturated carbocycles. The highest BCUT2D eigenvalue weighted by molar-refractivity contribution is 6.37. The summed E-state index contributed by atoms with van der Waals surface area (Å²) >= 11 is 12.0. The van der Waals surface area contributed by atoms with Crippen molar-refractivity contribution in [2.75, 3.05) is 0 Å². The van der Waals surface area contributed by atoms with E-state index in [1.165, 1.54) is 18.2 Å². The normalized spacial score (nSPS) is 11.8. The van der Waals surface area contributed by atoms with Gasteiger partial charge in [0.2, 0.25) is 5.78 Å². The minimum Gasteiger partial charge on any atom is -0.452 e. The number of rotatable bonds is 3. The molecule has 0 N–H and O–H groups in total. The quantitative estimate of drug-likeness (QED) is 0.297. The van der Waals surface area contributed by atoms with E-state index in [9.17, 15) is 18.0 Å². The Morgan fingerprint density at radius 1 is 0.933 bits per heavy atom. The van der Waals surface area contributed by atoms with Crippen LogP contribution in [0.3, 0.4) is 0 Å². The molecule has 4 rings (SSSR count). The summed E-state index contributed by atoms with van der Waals surface area (Å²) < 4.78 is 44.9. The van der Waals surface area contributed by atoms with Crippen LogP contribution < -0.4 is 0 Å². The van der Waals surface area contributed by atoms with Gasteiger partial charge in [-0.05, 0) is 54.4 Å². The van der Waals surface area contributed by atoms with Crippen molar-refractivity contribution in [1.29, 1.82) is 0 Å². The first kappa shape index (κ1) is 20.5. The highest BCUT2D eigenvalue weighted by atomic mass is 35.5. The third-order valence-electron chi connectivity index (χ3n) is 4.84. The lowest BCUT2D eigenvalue weighted by Crippen LogP contribution is -2.04. The maximum Gasteiger partial charge on any atom is 0.416 e. The number of aryl methyl sites for hydroxylation is 1. The molecule has 152 valence electrons. The van der Waals surface area contributed by atoms with E-state index in [1.807, 2.05) is 0 Å². The zero-order valence-corrected chi connectivity index (χ0v) is 17.0. The van der Waals surface area contributed by atoms with Crippen molar-refractivity contribution in [1.82, 2.24) is 0 Å². The van der Waals surface area contributed by atoms with Crippen LogP contribution in [-0.2, 0) is 6.18 Å². The molecule has 0 aliphatic rings. The Bertz CT molecular complexity index is 1290. The Balaban J connectivity index is 1.78. The van der Waals surface area contributed by atoms with Gasteiger partial charge in [0.05, 0.1) is 10.6 Å². The number of furan rings is 1. The van der Waals surface area contributed by atoms with Gasteiger partial charge in [-0.1, -0.05) is 47.5 Å². The summed E-state index contributed by atoms with van der Waals surface area (Å²) in [6, 6.07) is 14.6. The van der Waals surface area contributed by atoms with Gasteiger partial charge in [0, 0.05) is 21.5 Å². The highest BCUT2D eigenvalue weighted by Crippen LogP contribution is 2.35. The number of halogens is 5. The first-order valence-corrected chi connectivity index (χ1v) is 9.61. The molecule has 3 aromatic carbocycles. The van der Waals surface area contributed by atoms with Gasteiger partial charge >= 0.3 is 6.18 Å². The summed E-state index contributed by atoms with van der Waals surface area (Å²) in [6.45, 7) is 1.74.